The van der Waals surface area contributed by atoms with Crippen molar-refractivity contribution in [3.8, 4) is 51.5 Å². The van der Waals surface area contributed by atoms with E-state index in [4.69, 9.17) is 0 Å². The van der Waals surface area contributed by atoms with Crippen LogP contribution >= 0.6 is 0 Å². The first-order valence-corrected chi connectivity index (χ1v) is 20.4. The number of nitrogens with zero attached hydrogens (tertiary/aromatic N) is 5. The lowest BCUT2D eigenvalue weighted by atomic mass is 9.91. The summed E-state index contributed by atoms with van der Waals surface area (Å²) < 4.78 is 7.17. The molecule has 3 heterocycles. The van der Waals surface area contributed by atoms with E-state index >= 15 is 0 Å². The van der Waals surface area contributed by atoms with Crippen LogP contribution in [0.4, 0.5) is 0 Å². The Morgan fingerprint density at radius 2 is 0.836 bits per heavy atom. The minimum absolute atomic E-state index is 0.578. The van der Waals surface area contributed by atoms with E-state index in [-0.39, 0.29) is 0 Å². The lowest BCUT2D eigenvalue weighted by Crippen LogP contribution is -2.01. The molecular weight excluding hydrogens is 743 g/mol. The molecule has 0 aliphatic carbocycles. The highest BCUT2D eigenvalue weighted by molar-refractivity contribution is 6.26. The van der Waals surface area contributed by atoms with Crippen LogP contribution in [-0.2, 0) is 0 Å². The van der Waals surface area contributed by atoms with Gasteiger partial charge in [0.05, 0.1) is 50.3 Å². The van der Waals surface area contributed by atoms with Gasteiger partial charge in [-0.15, -0.1) is 0 Å². The van der Waals surface area contributed by atoms with Gasteiger partial charge < -0.3 is 13.7 Å². The molecule has 0 N–H and O–H groups in total. The summed E-state index contributed by atoms with van der Waals surface area (Å²) in [6.45, 7) is 0. The zero-order valence-corrected chi connectivity index (χ0v) is 32.8. The normalized spacial score (nSPS) is 11.6. The van der Waals surface area contributed by atoms with Gasteiger partial charge in [0.15, 0.2) is 0 Å². The zero-order valence-electron chi connectivity index (χ0n) is 32.8. The molecule has 0 bridgehead atoms. The third-order valence-corrected chi connectivity index (χ3v) is 12.3. The summed E-state index contributed by atoms with van der Waals surface area (Å²) in [7, 11) is 0. The average molecular weight is 776 g/mol. The summed E-state index contributed by atoms with van der Waals surface area (Å²) in [6.07, 6.45) is 0. The number of hydrogen-bond acceptors (Lipinski definition) is 2. The first kappa shape index (κ1) is 34.4. The van der Waals surface area contributed by atoms with Crippen LogP contribution in [0.5, 0.6) is 0 Å². The van der Waals surface area contributed by atoms with Gasteiger partial charge in [0.25, 0.3) is 0 Å². The van der Waals surface area contributed by atoms with Crippen molar-refractivity contribution >= 4 is 65.4 Å². The fourth-order valence-corrected chi connectivity index (χ4v) is 9.72. The number of hydrogen-bond donors (Lipinski definition) is 0. The summed E-state index contributed by atoms with van der Waals surface area (Å²) in [5.74, 6) is 0. The SMILES string of the molecule is N#Cc1ccc(-c2cccc(-c3cc(-n4c5ccccc5c5ccccc54)cc(-n4c5ccccc5c5c4ccc4c6ccccc6n(-c6ccccc6)c45)c3)c2C#N)cc1. The van der Waals surface area contributed by atoms with Crippen LogP contribution in [0.25, 0.3) is 105 Å². The molecule has 0 saturated heterocycles. The van der Waals surface area contributed by atoms with Crippen LogP contribution < -0.4 is 0 Å². The number of fused-ring (bicyclic) bond motifs is 10. The average Bonchev–Trinajstić information content (AvgIpc) is 3.97. The van der Waals surface area contributed by atoms with Crippen LogP contribution in [0.15, 0.2) is 200 Å². The van der Waals surface area contributed by atoms with E-state index < -0.39 is 0 Å². The summed E-state index contributed by atoms with van der Waals surface area (Å²) in [4.78, 5) is 0. The fraction of sp³-hybridized carbons (Fsp3) is 0. The summed E-state index contributed by atoms with van der Waals surface area (Å²) >= 11 is 0. The van der Waals surface area contributed by atoms with Crippen molar-refractivity contribution in [2.24, 2.45) is 0 Å². The first-order valence-electron chi connectivity index (χ1n) is 20.4. The molecule has 0 unspecified atom stereocenters. The van der Waals surface area contributed by atoms with Gasteiger partial charge in [-0.3, -0.25) is 0 Å². The molecule has 0 aliphatic rings. The number of nitriles is 2. The van der Waals surface area contributed by atoms with E-state index in [2.05, 4.69) is 184 Å². The molecule has 0 spiro atoms. The van der Waals surface area contributed by atoms with E-state index in [9.17, 15) is 10.5 Å². The quantitative estimate of drug-likeness (QED) is 0.175. The lowest BCUT2D eigenvalue weighted by molar-refractivity contribution is 1.13. The third kappa shape index (κ3) is 5.12. The van der Waals surface area contributed by atoms with Crippen LogP contribution in [-0.4, -0.2) is 13.7 Å². The summed E-state index contributed by atoms with van der Waals surface area (Å²) in [5.41, 5.74) is 14.4. The second-order valence-corrected chi connectivity index (χ2v) is 15.5. The summed E-state index contributed by atoms with van der Waals surface area (Å²) in [5, 5.41) is 27.6. The fourth-order valence-electron chi connectivity index (χ4n) is 9.72. The number of para-hydroxylation sites is 5. The zero-order chi connectivity index (χ0) is 40.6. The Bertz CT molecular complexity index is 3780. The maximum Gasteiger partial charge on any atom is 0.100 e. The standard InChI is InChI=1S/C56H33N5/c57-34-36-25-27-37(28-26-36)42-19-12-20-43(49(42)35-58)38-31-40(59-50-21-8-4-15-44(50)45-16-5-9-22-51(45)59)33-41(32-38)60-53-24-11-7-18-48(53)55-54(60)30-29-47-46-17-6-10-23-52(46)61(56(47)55)39-13-2-1-3-14-39/h1-33H. The molecular formula is C56H33N5. The molecule has 0 amide bonds. The second-order valence-electron chi connectivity index (χ2n) is 15.5. The van der Waals surface area contributed by atoms with Crippen LogP contribution in [0.3, 0.4) is 0 Å². The highest BCUT2D eigenvalue weighted by atomic mass is 15.0. The molecule has 0 saturated carbocycles. The van der Waals surface area contributed by atoms with Gasteiger partial charge >= 0.3 is 0 Å². The molecule has 5 heteroatoms. The van der Waals surface area contributed by atoms with E-state index in [0.717, 1.165) is 72.3 Å². The van der Waals surface area contributed by atoms with E-state index in [1.165, 1.54) is 32.4 Å². The number of benzene rings is 9. The maximum absolute atomic E-state index is 11.0. The first-order chi connectivity index (χ1) is 30.2. The molecule has 61 heavy (non-hydrogen) atoms. The molecule has 12 rings (SSSR count). The van der Waals surface area contributed by atoms with Gasteiger partial charge in [-0.05, 0) is 83.9 Å². The Hall–Kier alpha value is -8.64. The van der Waals surface area contributed by atoms with Crippen molar-refractivity contribution < 1.29 is 0 Å². The number of rotatable bonds is 5. The Kier molecular flexibility index (Phi) is 7.59. The molecule has 12 aromatic rings. The van der Waals surface area contributed by atoms with E-state index in [1.807, 2.05) is 30.3 Å². The Balaban J connectivity index is 1.21. The van der Waals surface area contributed by atoms with Crippen molar-refractivity contribution in [1.82, 2.24) is 13.7 Å². The molecule has 282 valence electrons. The number of aromatic nitrogens is 3. The maximum atomic E-state index is 11.0. The van der Waals surface area contributed by atoms with E-state index in [0.29, 0.717) is 11.1 Å². The van der Waals surface area contributed by atoms with Gasteiger partial charge in [-0.25, -0.2) is 0 Å². The topological polar surface area (TPSA) is 62.4 Å². The summed E-state index contributed by atoms with van der Waals surface area (Å²) in [6, 6.07) is 74.8. The van der Waals surface area contributed by atoms with Crippen LogP contribution in [0.1, 0.15) is 11.1 Å². The highest BCUT2D eigenvalue weighted by Crippen LogP contribution is 2.44. The van der Waals surface area contributed by atoms with Crippen molar-refractivity contribution in [2.75, 3.05) is 0 Å². The monoisotopic (exact) mass is 775 g/mol. The Morgan fingerprint density at radius 1 is 0.328 bits per heavy atom. The third-order valence-electron chi connectivity index (χ3n) is 12.3. The van der Waals surface area contributed by atoms with Crippen LogP contribution in [0.2, 0.25) is 0 Å². The molecule has 3 aromatic heterocycles. The van der Waals surface area contributed by atoms with Crippen molar-refractivity contribution in [2.45, 2.75) is 0 Å². The van der Waals surface area contributed by atoms with E-state index in [1.54, 1.807) is 12.1 Å². The van der Waals surface area contributed by atoms with Gasteiger partial charge in [-0.1, -0.05) is 127 Å². The smallest absolute Gasteiger partial charge is 0.100 e. The van der Waals surface area contributed by atoms with Crippen molar-refractivity contribution in [3.63, 3.8) is 0 Å². The molecule has 0 radical (unpaired) electrons. The predicted octanol–water partition coefficient (Wildman–Crippen LogP) is 14.1. The molecule has 0 aliphatic heterocycles. The van der Waals surface area contributed by atoms with Crippen LogP contribution in [0, 0.1) is 22.7 Å². The largest absolute Gasteiger partial charge is 0.309 e. The second kappa shape index (κ2) is 13.5. The van der Waals surface area contributed by atoms with Crippen molar-refractivity contribution in [1.29, 1.82) is 10.5 Å². The van der Waals surface area contributed by atoms with Gasteiger partial charge in [-0.2, -0.15) is 10.5 Å². The van der Waals surface area contributed by atoms with Gasteiger partial charge in [0.1, 0.15) is 6.07 Å². The minimum atomic E-state index is 0.578. The lowest BCUT2D eigenvalue weighted by Gasteiger charge is -2.17. The van der Waals surface area contributed by atoms with Gasteiger partial charge in [0, 0.05) is 60.5 Å². The van der Waals surface area contributed by atoms with Crippen molar-refractivity contribution in [3.05, 3.63) is 211 Å². The highest BCUT2D eigenvalue weighted by Gasteiger charge is 2.23. The molecule has 5 nitrogen and oxygen atoms in total. The van der Waals surface area contributed by atoms with Gasteiger partial charge in [0.2, 0.25) is 0 Å². The Morgan fingerprint density at radius 3 is 1.44 bits per heavy atom. The molecule has 9 aromatic carbocycles. The Labute approximate surface area is 351 Å². The minimum Gasteiger partial charge on any atom is -0.309 e. The predicted molar refractivity (Wildman–Crippen MR) is 250 cm³/mol. The molecule has 0 atom stereocenters. The molecule has 0 fully saturated rings.